The van der Waals surface area contributed by atoms with Crippen LogP contribution in [0.15, 0.2) is 0 Å². The van der Waals surface area contributed by atoms with Crippen LogP contribution in [0.3, 0.4) is 0 Å². The van der Waals surface area contributed by atoms with Crippen LogP contribution in [0.25, 0.3) is 0 Å². The number of likely N-dealkylation sites (tertiary alicyclic amines) is 1. The van der Waals surface area contributed by atoms with Crippen LogP contribution in [-0.2, 0) is 9.59 Å². The van der Waals surface area contributed by atoms with E-state index in [0.717, 1.165) is 19.4 Å². The molecule has 18 heavy (non-hydrogen) atoms. The van der Waals surface area contributed by atoms with E-state index >= 15 is 0 Å². The van der Waals surface area contributed by atoms with Crippen molar-refractivity contribution in [3.05, 3.63) is 0 Å². The highest BCUT2D eigenvalue weighted by Crippen LogP contribution is 2.34. The summed E-state index contributed by atoms with van der Waals surface area (Å²) in [6, 6.07) is 0.301. The van der Waals surface area contributed by atoms with Crippen molar-refractivity contribution in [3.8, 4) is 0 Å². The van der Waals surface area contributed by atoms with Gasteiger partial charge in [-0.1, -0.05) is 6.92 Å². The molecule has 1 saturated heterocycles. The Labute approximate surface area is 108 Å². The fourth-order valence-corrected chi connectivity index (χ4v) is 3.31. The molecule has 0 spiro atoms. The van der Waals surface area contributed by atoms with Crippen molar-refractivity contribution in [1.82, 2.24) is 4.90 Å². The molecule has 1 amide bonds. The maximum Gasteiger partial charge on any atom is 0.306 e. The van der Waals surface area contributed by atoms with Crippen molar-refractivity contribution in [2.45, 2.75) is 52.0 Å². The molecule has 1 aliphatic heterocycles. The van der Waals surface area contributed by atoms with E-state index in [1.54, 1.807) is 0 Å². The topological polar surface area (TPSA) is 57.6 Å². The van der Waals surface area contributed by atoms with E-state index in [2.05, 4.69) is 13.8 Å². The monoisotopic (exact) mass is 253 g/mol. The van der Waals surface area contributed by atoms with Crippen LogP contribution in [0.5, 0.6) is 0 Å². The fourth-order valence-electron chi connectivity index (χ4n) is 3.31. The molecule has 1 N–H and O–H groups in total. The first-order valence-corrected chi connectivity index (χ1v) is 7.04. The standard InChI is InChI=1S/C14H23NO3/c1-9-4-3-7-15(10(9)2)13(16)11-5-6-12(8-11)14(17)18/h9-12H,3-8H2,1-2H3,(H,17,18)/t9?,10?,11-,12+/m1/s1. The highest BCUT2D eigenvalue weighted by Gasteiger charge is 2.38. The number of carbonyl (C=O) groups is 2. The minimum atomic E-state index is -0.745. The zero-order valence-electron chi connectivity index (χ0n) is 11.3. The van der Waals surface area contributed by atoms with E-state index in [9.17, 15) is 9.59 Å². The van der Waals surface area contributed by atoms with Gasteiger partial charge < -0.3 is 10.0 Å². The van der Waals surface area contributed by atoms with Crippen molar-refractivity contribution < 1.29 is 14.7 Å². The van der Waals surface area contributed by atoms with Gasteiger partial charge in [0.05, 0.1) is 5.92 Å². The largest absolute Gasteiger partial charge is 0.481 e. The molecule has 1 saturated carbocycles. The van der Waals surface area contributed by atoms with Gasteiger partial charge in [0.25, 0.3) is 0 Å². The van der Waals surface area contributed by atoms with Gasteiger partial charge in [0, 0.05) is 18.5 Å². The summed E-state index contributed by atoms with van der Waals surface area (Å²) in [7, 11) is 0. The highest BCUT2D eigenvalue weighted by atomic mass is 16.4. The van der Waals surface area contributed by atoms with Crippen LogP contribution < -0.4 is 0 Å². The first-order chi connectivity index (χ1) is 8.50. The minimum Gasteiger partial charge on any atom is -0.481 e. The molecule has 4 heteroatoms. The lowest BCUT2D eigenvalue weighted by atomic mass is 9.90. The molecule has 2 rings (SSSR count). The second-order valence-corrected chi connectivity index (χ2v) is 5.94. The van der Waals surface area contributed by atoms with Crippen LogP contribution in [0.2, 0.25) is 0 Å². The van der Waals surface area contributed by atoms with Gasteiger partial charge in [0.2, 0.25) is 5.91 Å². The lowest BCUT2D eigenvalue weighted by Crippen LogP contribution is -2.48. The lowest BCUT2D eigenvalue weighted by Gasteiger charge is -2.39. The fraction of sp³-hybridized carbons (Fsp3) is 0.857. The van der Waals surface area contributed by atoms with Crippen LogP contribution in [0.4, 0.5) is 0 Å². The van der Waals surface area contributed by atoms with E-state index in [0.29, 0.717) is 24.8 Å². The quantitative estimate of drug-likeness (QED) is 0.820. The lowest BCUT2D eigenvalue weighted by molar-refractivity contribution is -0.142. The molecule has 2 fully saturated rings. The molecule has 1 aliphatic carbocycles. The maximum absolute atomic E-state index is 12.5. The molecule has 4 nitrogen and oxygen atoms in total. The summed E-state index contributed by atoms with van der Waals surface area (Å²) in [6.07, 6.45) is 4.20. The number of hydrogen-bond acceptors (Lipinski definition) is 2. The SMILES string of the molecule is CC1CCCN(C(=O)[C@@H]2CC[C@H](C(=O)O)C2)C1C. The van der Waals surface area contributed by atoms with Gasteiger partial charge in [-0.05, 0) is 44.9 Å². The van der Waals surface area contributed by atoms with E-state index < -0.39 is 5.97 Å². The summed E-state index contributed by atoms with van der Waals surface area (Å²) in [5, 5.41) is 8.99. The van der Waals surface area contributed by atoms with Crippen LogP contribution in [-0.4, -0.2) is 34.5 Å². The second kappa shape index (κ2) is 5.29. The molecule has 2 aliphatic rings. The summed E-state index contributed by atoms with van der Waals surface area (Å²) in [5.41, 5.74) is 0. The molecule has 0 aromatic carbocycles. The second-order valence-electron chi connectivity index (χ2n) is 5.94. The molecule has 1 heterocycles. The molecule has 2 unspecified atom stereocenters. The smallest absolute Gasteiger partial charge is 0.306 e. The van der Waals surface area contributed by atoms with Gasteiger partial charge in [-0.15, -0.1) is 0 Å². The van der Waals surface area contributed by atoms with Gasteiger partial charge in [-0.2, -0.15) is 0 Å². The average molecular weight is 253 g/mol. The van der Waals surface area contributed by atoms with E-state index in [-0.39, 0.29) is 17.7 Å². The summed E-state index contributed by atoms with van der Waals surface area (Å²) in [5.74, 6) is -0.363. The number of hydrogen-bond donors (Lipinski definition) is 1. The molecular weight excluding hydrogens is 230 g/mol. The van der Waals surface area contributed by atoms with Crippen LogP contribution in [0.1, 0.15) is 46.0 Å². The van der Waals surface area contributed by atoms with Crippen molar-refractivity contribution in [2.24, 2.45) is 17.8 Å². The zero-order chi connectivity index (χ0) is 13.3. The van der Waals surface area contributed by atoms with Gasteiger partial charge in [0.1, 0.15) is 0 Å². The first-order valence-electron chi connectivity index (χ1n) is 7.04. The summed E-state index contributed by atoms with van der Waals surface area (Å²) < 4.78 is 0. The van der Waals surface area contributed by atoms with Crippen LogP contribution >= 0.6 is 0 Å². The van der Waals surface area contributed by atoms with Crippen molar-refractivity contribution in [1.29, 1.82) is 0 Å². The third-order valence-electron chi connectivity index (χ3n) is 4.79. The first kappa shape index (κ1) is 13.4. The Morgan fingerprint density at radius 3 is 2.39 bits per heavy atom. The molecule has 0 radical (unpaired) electrons. The Kier molecular flexibility index (Phi) is 3.93. The number of piperidine rings is 1. The van der Waals surface area contributed by atoms with E-state index in [1.807, 2.05) is 4.90 Å². The average Bonchev–Trinajstić information content (AvgIpc) is 2.81. The van der Waals surface area contributed by atoms with E-state index in [4.69, 9.17) is 5.11 Å². The number of aliphatic carboxylic acids is 1. The highest BCUT2D eigenvalue weighted by molar-refractivity contribution is 5.81. The molecule has 0 aromatic heterocycles. The summed E-state index contributed by atoms with van der Waals surface area (Å²) in [4.78, 5) is 25.4. The Morgan fingerprint density at radius 2 is 1.78 bits per heavy atom. The number of carbonyl (C=O) groups excluding carboxylic acids is 1. The Balaban J connectivity index is 1.97. The Hall–Kier alpha value is -1.06. The number of rotatable bonds is 2. The Morgan fingerprint density at radius 1 is 1.11 bits per heavy atom. The predicted molar refractivity (Wildman–Crippen MR) is 68.0 cm³/mol. The zero-order valence-corrected chi connectivity index (χ0v) is 11.3. The maximum atomic E-state index is 12.5. The van der Waals surface area contributed by atoms with Crippen molar-refractivity contribution in [3.63, 3.8) is 0 Å². The molecule has 102 valence electrons. The third kappa shape index (κ3) is 2.52. The number of amides is 1. The van der Waals surface area contributed by atoms with E-state index in [1.165, 1.54) is 6.42 Å². The molecular formula is C14H23NO3. The van der Waals surface area contributed by atoms with Crippen LogP contribution in [0, 0.1) is 17.8 Å². The normalized spacial score (nSPS) is 36.7. The Bertz CT molecular complexity index is 342. The number of carboxylic acids is 1. The molecule has 0 aromatic rings. The third-order valence-corrected chi connectivity index (χ3v) is 4.79. The summed E-state index contributed by atoms with van der Waals surface area (Å²) in [6.45, 7) is 5.16. The van der Waals surface area contributed by atoms with Gasteiger partial charge in [-0.25, -0.2) is 0 Å². The van der Waals surface area contributed by atoms with Gasteiger partial charge >= 0.3 is 5.97 Å². The van der Waals surface area contributed by atoms with Crippen molar-refractivity contribution >= 4 is 11.9 Å². The molecule has 0 bridgehead atoms. The number of nitrogens with zero attached hydrogens (tertiary/aromatic N) is 1. The van der Waals surface area contributed by atoms with Crippen molar-refractivity contribution in [2.75, 3.05) is 6.54 Å². The number of carboxylic acid groups (broad SMARTS) is 1. The minimum absolute atomic E-state index is 0.0566. The van der Waals surface area contributed by atoms with Gasteiger partial charge in [-0.3, -0.25) is 9.59 Å². The molecule has 4 atom stereocenters. The van der Waals surface area contributed by atoms with Gasteiger partial charge in [0.15, 0.2) is 0 Å². The predicted octanol–water partition coefficient (Wildman–Crippen LogP) is 2.13. The summed E-state index contributed by atoms with van der Waals surface area (Å²) >= 11 is 0.